The maximum Gasteiger partial charge on any atom is 0.252 e. The van der Waals surface area contributed by atoms with Gasteiger partial charge in [0.25, 0.3) is 5.56 Å². The number of rotatable bonds is 5. The Labute approximate surface area is 102 Å². The first-order valence-electron chi connectivity index (χ1n) is 6.57. The molecular weight excluding hydrogens is 212 g/mol. The number of nitrogens with two attached hydrogens (primary N) is 1. The molecule has 0 aliphatic heterocycles. The SMILES string of the molecule is CCCC1CC1Cc1cc(C)c(CN)c(=O)[nH]1. The van der Waals surface area contributed by atoms with E-state index in [1.54, 1.807) is 0 Å². The van der Waals surface area contributed by atoms with Crippen LogP contribution in [0.2, 0.25) is 0 Å². The van der Waals surface area contributed by atoms with Crippen molar-refractivity contribution in [3.63, 3.8) is 0 Å². The van der Waals surface area contributed by atoms with Crippen LogP contribution in [0.4, 0.5) is 0 Å². The van der Waals surface area contributed by atoms with E-state index < -0.39 is 0 Å². The van der Waals surface area contributed by atoms with E-state index in [1.807, 2.05) is 6.92 Å². The van der Waals surface area contributed by atoms with Crippen LogP contribution in [0.5, 0.6) is 0 Å². The van der Waals surface area contributed by atoms with Gasteiger partial charge in [0.05, 0.1) is 0 Å². The molecule has 1 aliphatic rings. The van der Waals surface area contributed by atoms with E-state index in [9.17, 15) is 4.79 Å². The van der Waals surface area contributed by atoms with Crippen LogP contribution in [0.3, 0.4) is 0 Å². The third-order valence-corrected chi connectivity index (χ3v) is 3.83. The van der Waals surface area contributed by atoms with Crippen molar-refractivity contribution >= 4 is 0 Å². The van der Waals surface area contributed by atoms with Crippen LogP contribution in [0.15, 0.2) is 10.9 Å². The van der Waals surface area contributed by atoms with Crippen molar-refractivity contribution in [2.24, 2.45) is 17.6 Å². The van der Waals surface area contributed by atoms with Gasteiger partial charge >= 0.3 is 0 Å². The summed E-state index contributed by atoms with van der Waals surface area (Å²) in [5.41, 5.74) is 8.37. The highest BCUT2D eigenvalue weighted by atomic mass is 16.1. The molecule has 0 bridgehead atoms. The maximum absolute atomic E-state index is 11.8. The molecule has 1 heterocycles. The summed E-state index contributed by atoms with van der Waals surface area (Å²) in [6.07, 6.45) is 4.94. The van der Waals surface area contributed by atoms with Gasteiger partial charge in [-0.25, -0.2) is 0 Å². The van der Waals surface area contributed by atoms with Gasteiger partial charge in [0, 0.05) is 17.8 Å². The van der Waals surface area contributed by atoms with Crippen LogP contribution in [-0.2, 0) is 13.0 Å². The minimum atomic E-state index is -0.00445. The summed E-state index contributed by atoms with van der Waals surface area (Å²) < 4.78 is 0. The van der Waals surface area contributed by atoms with Gasteiger partial charge < -0.3 is 10.7 Å². The summed E-state index contributed by atoms with van der Waals surface area (Å²) in [6, 6.07) is 2.09. The third kappa shape index (κ3) is 2.78. The molecule has 2 unspecified atom stereocenters. The highest BCUT2D eigenvalue weighted by Gasteiger charge is 2.35. The third-order valence-electron chi connectivity index (χ3n) is 3.83. The maximum atomic E-state index is 11.8. The molecular formula is C14H22N2O. The zero-order chi connectivity index (χ0) is 12.4. The molecule has 17 heavy (non-hydrogen) atoms. The Kier molecular flexibility index (Phi) is 3.67. The summed E-state index contributed by atoms with van der Waals surface area (Å²) in [5.74, 6) is 1.67. The fraction of sp³-hybridized carbons (Fsp3) is 0.643. The number of aromatic nitrogens is 1. The van der Waals surface area contributed by atoms with Crippen molar-refractivity contribution in [3.8, 4) is 0 Å². The van der Waals surface area contributed by atoms with Crippen molar-refractivity contribution in [3.05, 3.63) is 33.2 Å². The zero-order valence-corrected chi connectivity index (χ0v) is 10.8. The van der Waals surface area contributed by atoms with Crippen molar-refractivity contribution in [1.29, 1.82) is 0 Å². The molecule has 94 valence electrons. The largest absolute Gasteiger partial charge is 0.326 e. The number of aryl methyl sites for hydroxylation is 1. The second-order valence-corrected chi connectivity index (χ2v) is 5.24. The Hall–Kier alpha value is -1.09. The van der Waals surface area contributed by atoms with E-state index in [4.69, 9.17) is 5.73 Å². The number of aromatic amines is 1. The Bertz CT molecular complexity index is 450. The van der Waals surface area contributed by atoms with Gasteiger partial charge in [-0.3, -0.25) is 4.79 Å². The van der Waals surface area contributed by atoms with Gasteiger partial charge in [0.1, 0.15) is 0 Å². The van der Waals surface area contributed by atoms with Crippen molar-refractivity contribution in [1.82, 2.24) is 4.98 Å². The minimum Gasteiger partial charge on any atom is -0.326 e. The van der Waals surface area contributed by atoms with Crippen LogP contribution in [-0.4, -0.2) is 4.98 Å². The molecule has 2 rings (SSSR count). The summed E-state index contributed by atoms with van der Waals surface area (Å²) in [7, 11) is 0. The normalized spacial score (nSPS) is 22.8. The lowest BCUT2D eigenvalue weighted by molar-refractivity contribution is 0.624. The Balaban J connectivity index is 2.06. The van der Waals surface area contributed by atoms with E-state index in [1.165, 1.54) is 19.3 Å². The number of pyridine rings is 1. The highest BCUT2D eigenvalue weighted by molar-refractivity contribution is 5.25. The molecule has 0 spiro atoms. The summed E-state index contributed by atoms with van der Waals surface area (Å²) >= 11 is 0. The quantitative estimate of drug-likeness (QED) is 0.820. The van der Waals surface area contributed by atoms with Gasteiger partial charge in [-0.1, -0.05) is 19.8 Å². The molecule has 0 saturated heterocycles. The van der Waals surface area contributed by atoms with Crippen LogP contribution < -0.4 is 11.3 Å². The zero-order valence-electron chi connectivity index (χ0n) is 10.8. The minimum absolute atomic E-state index is 0.00445. The predicted molar refractivity (Wildman–Crippen MR) is 69.9 cm³/mol. The smallest absolute Gasteiger partial charge is 0.252 e. The lowest BCUT2D eigenvalue weighted by Gasteiger charge is -2.06. The molecule has 1 aliphatic carbocycles. The van der Waals surface area contributed by atoms with Crippen LogP contribution in [0.25, 0.3) is 0 Å². The van der Waals surface area contributed by atoms with Crippen molar-refractivity contribution < 1.29 is 0 Å². The fourth-order valence-corrected chi connectivity index (χ4v) is 2.72. The van der Waals surface area contributed by atoms with Gasteiger partial charge in [-0.15, -0.1) is 0 Å². The second kappa shape index (κ2) is 5.05. The molecule has 2 atom stereocenters. The van der Waals surface area contributed by atoms with Crippen molar-refractivity contribution in [2.45, 2.75) is 46.1 Å². The second-order valence-electron chi connectivity index (χ2n) is 5.24. The van der Waals surface area contributed by atoms with Gasteiger partial charge in [0.15, 0.2) is 0 Å². The monoisotopic (exact) mass is 234 g/mol. The fourth-order valence-electron chi connectivity index (χ4n) is 2.72. The average molecular weight is 234 g/mol. The molecule has 0 amide bonds. The standard InChI is InChI=1S/C14H22N2O/c1-3-4-10-6-11(10)7-12-5-9(2)13(8-15)14(17)16-12/h5,10-11H,3-4,6-8,15H2,1-2H3,(H,16,17). The molecule has 3 N–H and O–H groups in total. The highest BCUT2D eigenvalue weighted by Crippen LogP contribution is 2.43. The topological polar surface area (TPSA) is 58.9 Å². The van der Waals surface area contributed by atoms with Gasteiger partial charge in [-0.2, -0.15) is 0 Å². The van der Waals surface area contributed by atoms with Crippen LogP contribution in [0.1, 0.15) is 43.0 Å². The number of nitrogens with one attached hydrogen (secondary N) is 1. The summed E-state index contributed by atoms with van der Waals surface area (Å²) in [6.45, 7) is 4.53. The summed E-state index contributed by atoms with van der Waals surface area (Å²) in [4.78, 5) is 14.7. The van der Waals surface area contributed by atoms with E-state index in [0.717, 1.165) is 35.1 Å². The molecule has 1 aromatic heterocycles. The van der Waals surface area contributed by atoms with E-state index in [-0.39, 0.29) is 5.56 Å². The first-order chi connectivity index (χ1) is 8.15. The molecule has 1 aromatic rings. The average Bonchev–Trinajstić information content (AvgIpc) is 2.96. The van der Waals surface area contributed by atoms with E-state index in [2.05, 4.69) is 18.0 Å². The lowest BCUT2D eigenvalue weighted by atomic mass is 10.1. The molecule has 1 fully saturated rings. The Morgan fingerprint density at radius 3 is 2.82 bits per heavy atom. The summed E-state index contributed by atoms with van der Waals surface area (Å²) in [5, 5.41) is 0. The number of hydrogen-bond acceptors (Lipinski definition) is 2. The Morgan fingerprint density at radius 2 is 2.24 bits per heavy atom. The van der Waals surface area contributed by atoms with Crippen LogP contribution >= 0.6 is 0 Å². The molecule has 1 saturated carbocycles. The van der Waals surface area contributed by atoms with Gasteiger partial charge in [-0.05, 0) is 43.2 Å². The number of hydrogen-bond donors (Lipinski definition) is 2. The van der Waals surface area contributed by atoms with E-state index >= 15 is 0 Å². The van der Waals surface area contributed by atoms with Gasteiger partial charge in [0.2, 0.25) is 0 Å². The Morgan fingerprint density at radius 1 is 1.47 bits per heavy atom. The molecule has 3 heteroatoms. The first kappa shape index (κ1) is 12.4. The first-order valence-corrected chi connectivity index (χ1v) is 6.57. The van der Waals surface area contributed by atoms with E-state index in [0.29, 0.717) is 6.54 Å². The van der Waals surface area contributed by atoms with Crippen LogP contribution in [0, 0.1) is 18.8 Å². The lowest BCUT2D eigenvalue weighted by Crippen LogP contribution is -2.19. The predicted octanol–water partition coefficient (Wildman–Crippen LogP) is 2.12. The van der Waals surface area contributed by atoms with Crippen molar-refractivity contribution in [2.75, 3.05) is 0 Å². The molecule has 0 aromatic carbocycles. The molecule has 3 nitrogen and oxygen atoms in total. The number of H-pyrrole nitrogens is 1. The molecule has 0 radical (unpaired) electrons.